The van der Waals surface area contributed by atoms with Crippen LogP contribution in [0.25, 0.3) is 76.5 Å². The standard InChI is InChI=1S/C96H48N6/c1-101-89-59-43-77(44-60-89)13-11-75-39-55-87(56-40-75)95-93(85-51-35-73(36-52-85)9-5-69-19-27-81(65-99)28-20-69)91(83-47-31-71(32-48-83)7-3-67-15-23-79(63-97)24-16-67)92(84-49-33-72(34-50-84)8-4-68-17-25-80(64-98)26-18-68)94(86-53-37-74(38-54-86)10-6-70-21-29-82(66-100)30-22-70)96(95)88-57-41-76(42-58-88)12-14-78-45-61-90(102-2)62-46-78/h15-62H. The van der Waals surface area contributed by atoms with Crippen molar-refractivity contribution in [3.05, 3.63) is 403 Å². The van der Waals surface area contributed by atoms with Gasteiger partial charge in [0.15, 0.2) is 11.4 Å². The Balaban J connectivity index is 1.12. The summed E-state index contributed by atoms with van der Waals surface area (Å²) in [6.45, 7) is 15.0. The maximum absolute atomic E-state index is 9.54. The van der Waals surface area contributed by atoms with E-state index in [1.807, 2.05) is 146 Å². The minimum absolute atomic E-state index is 0.537. The Hall–Kier alpha value is -15.8. The lowest BCUT2D eigenvalue weighted by Gasteiger charge is -2.29. The molecule has 6 heteroatoms. The van der Waals surface area contributed by atoms with Crippen molar-refractivity contribution >= 4 is 11.4 Å². The van der Waals surface area contributed by atoms with E-state index in [0.717, 1.165) is 134 Å². The minimum atomic E-state index is 0.537. The first-order chi connectivity index (χ1) is 50.2. The Labute approximate surface area is 593 Å². The van der Waals surface area contributed by atoms with E-state index in [1.54, 1.807) is 72.8 Å². The highest BCUT2D eigenvalue weighted by Gasteiger charge is 2.29. The highest BCUT2D eigenvalue weighted by molar-refractivity contribution is 6.15. The molecule has 102 heavy (non-hydrogen) atoms. The SMILES string of the molecule is [C-]#[N+]c1ccc(C#Cc2ccc(-c3c(-c4ccc(C#Cc5ccc(C#N)cc5)cc4)c(-c4ccc(C#Cc5ccc(C#N)cc5)cc4)c(-c4ccc(C#Cc5ccc(C#N)cc5)cc4)c(-c4ccc(C#Cc5ccc(C#N)cc5)cc4)c3-c3ccc(C#Cc4ccc([N+]#[C-])cc4)cc3)cc2)cc1. The van der Waals surface area contributed by atoms with Gasteiger partial charge in [-0.05, 0) is 237 Å². The number of rotatable bonds is 6. The maximum Gasteiger partial charge on any atom is 0.187 e. The molecule has 0 saturated carbocycles. The van der Waals surface area contributed by atoms with E-state index in [9.17, 15) is 21.0 Å². The van der Waals surface area contributed by atoms with E-state index >= 15 is 0 Å². The van der Waals surface area contributed by atoms with Crippen LogP contribution in [0.3, 0.4) is 0 Å². The Bertz CT molecular complexity index is 5060. The zero-order chi connectivity index (χ0) is 70.0. The number of benzene rings is 13. The summed E-state index contributed by atoms with van der Waals surface area (Å²) in [7, 11) is 0. The third kappa shape index (κ3) is 15.4. The van der Waals surface area contributed by atoms with Crippen LogP contribution in [0.2, 0.25) is 0 Å². The predicted octanol–water partition coefficient (Wildman–Crippen LogP) is 20.7. The molecule has 0 amide bonds. The topological polar surface area (TPSA) is 104 Å². The van der Waals surface area contributed by atoms with Crippen LogP contribution < -0.4 is 0 Å². The third-order valence-corrected chi connectivity index (χ3v) is 16.7. The van der Waals surface area contributed by atoms with Gasteiger partial charge in [-0.3, -0.25) is 0 Å². The summed E-state index contributed by atoms with van der Waals surface area (Å²) >= 11 is 0. The third-order valence-electron chi connectivity index (χ3n) is 16.7. The van der Waals surface area contributed by atoms with Gasteiger partial charge in [0.2, 0.25) is 0 Å². The fraction of sp³-hybridized carbons (Fsp3) is 0. The molecule has 0 aliphatic rings. The molecule has 13 aromatic rings. The summed E-state index contributed by atoms with van der Waals surface area (Å²) in [6.07, 6.45) is 0. The van der Waals surface area contributed by atoms with Gasteiger partial charge in [0.25, 0.3) is 0 Å². The van der Waals surface area contributed by atoms with E-state index in [0.29, 0.717) is 33.6 Å². The molecule has 0 heterocycles. The molecule has 6 nitrogen and oxygen atoms in total. The van der Waals surface area contributed by atoms with E-state index in [4.69, 9.17) is 13.1 Å². The van der Waals surface area contributed by atoms with Gasteiger partial charge in [0.1, 0.15) is 0 Å². The van der Waals surface area contributed by atoms with Crippen LogP contribution in [-0.2, 0) is 0 Å². The molecule has 0 fully saturated rings. The van der Waals surface area contributed by atoms with Crippen molar-refractivity contribution in [2.75, 3.05) is 0 Å². The number of nitrogens with zero attached hydrogens (tertiary/aromatic N) is 6. The van der Waals surface area contributed by atoms with Gasteiger partial charge in [-0.2, -0.15) is 21.0 Å². The van der Waals surface area contributed by atoms with Crippen LogP contribution in [0.4, 0.5) is 11.4 Å². The van der Waals surface area contributed by atoms with Crippen LogP contribution in [0, 0.1) is 130 Å². The summed E-state index contributed by atoms with van der Waals surface area (Å²) in [6, 6.07) is 102. The lowest BCUT2D eigenvalue weighted by molar-refractivity contribution is 1.48. The van der Waals surface area contributed by atoms with Crippen LogP contribution in [0.1, 0.15) is 89.0 Å². The Morgan fingerprint density at radius 2 is 0.265 bits per heavy atom. The monoisotopic (exact) mass is 1280 g/mol. The molecule has 462 valence electrons. The van der Waals surface area contributed by atoms with Crippen molar-refractivity contribution in [3.63, 3.8) is 0 Å². The van der Waals surface area contributed by atoms with E-state index in [1.165, 1.54) is 0 Å². The Morgan fingerprint density at radius 1 is 0.157 bits per heavy atom. The predicted molar refractivity (Wildman–Crippen MR) is 405 cm³/mol. The Morgan fingerprint density at radius 3 is 0.382 bits per heavy atom. The van der Waals surface area contributed by atoms with Crippen molar-refractivity contribution in [3.8, 4) is 162 Å². The molecule has 0 atom stereocenters. The zero-order valence-electron chi connectivity index (χ0n) is 54.4. The molecule has 0 unspecified atom stereocenters. The molecule has 0 saturated heterocycles. The van der Waals surface area contributed by atoms with Crippen molar-refractivity contribution in [1.82, 2.24) is 0 Å². The van der Waals surface area contributed by atoms with E-state index in [2.05, 4.69) is 178 Å². The summed E-state index contributed by atoms with van der Waals surface area (Å²) < 4.78 is 0. The molecule has 0 N–H and O–H groups in total. The lowest BCUT2D eigenvalue weighted by Crippen LogP contribution is -2.02. The van der Waals surface area contributed by atoms with Crippen molar-refractivity contribution in [2.45, 2.75) is 0 Å². The normalized spacial score (nSPS) is 9.82. The smallest absolute Gasteiger partial charge is 0.187 e. The Kier molecular flexibility index (Phi) is 19.5. The second kappa shape index (κ2) is 30.7. The minimum Gasteiger partial charge on any atom is -0.238 e. The molecule has 0 spiro atoms. The fourth-order valence-electron chi connectivity index (χ4n) is 11.4. The lowest BCUT2D eigenvalue weighted by atomic mass is 9.74. The van der Waals surface area contributed by atoms with Crippen molar-refractivity contribution < 1.29 is 0 Å². The highest BCUT2D eigenvalue weighted by Crippen LogP contribution is 2.56. The second-order valence-corrected chi connectivity index (χ2v) is 23.3. The first kappa shape index (κ1) is 64.8. The van der Waals surface area contributed by atoms with E-state index in [-0.39, 0.29) is 0 Å². The first-order valence-corrected chi connectivity index (χ1v) is 32.1. The van der Waals surface area contributed by atoms with Crippen LogP contribution >= 0.6 is 0 Å². The molecule has 13 aromatic carbocycles. The highest BCUT2D eigenvalue weighted by atomic mass is 14.6. The van der Waals surface area contributed by atoms with Crippen molar-refractivity contribution in [1.29, 1.82) is 21.0 Å². The summed E-state index contributed by atoms with van der Waals surface area (Å²) in [4.78, 5) is 7.14. The molecular formula is C96H48N6. The quantitative estimate of drug-likeness (QED) is 0.122. The van der Waals surface area contributed by atoms with Gasteiger partial charge in [0, 0.05) is 66.8 Å². The largest absolute Gasteiger partial charge is 0.238 e. The van der Waals surface area contributed by atoms with Gasteiger partial charge in [-0.25, -0.2) is 9.69 Å². The molecule has 13 rings (SSSR count). The average molecular weight is 1290 g/mol. The molecule has 0 radical (unpaired) electrons. The van der Waals surface area contributed by atoms with Gasteiger partial charge >= 0.3 is 0 Å². The number of hydrogen-bond donors (Lipinski definition) is 0. The molecule has 0 aromatic heterocycles. The molecular weight excluding hydrogens is 1240 g/mol. The van der Waals surface area contributed by atoms with Gasteiger partial charge in [0.05, 0.1) is 59.7 Å². The summed E-state index contributed by atoms with van der Waals surface area (Å²) in [5.41, 5.74) is 23.4. The van der Waals surface area contributed by atoms with Crippen LogP contribution in [0.5, 0.6) is 0 Å². The van der Waals surface area contributed by atoms with Gasteiger partial charge in [-0.15, -0.1) is 0 Å². The zero-order valence-corrected chi connectivity index (χ0v) is 54.4. The van der Waals surface area contributed by atoms with E-state index < -0.39 is 0 Å². The van der Waals surface area contributed by atoms with Crippen molar-refractivity contribution in [2.24, 2.45) is 0 Å². The van der Waals surface area contributed by atoms with Gasteiger partial charge in [-0.1, -0.05) is 192 Å². The first-order valence-electron chi connectivity index (χ1n) is 32.1. The van der Waals surface area contributed by atoms with Crippen LogP contribution in [-0.4, -0.2) is 0 Å². The van der Waals surface area contributed by atoms with Gasteiger partial charge < -0.3 is 0 Å². The molecule has 0 bridgehead atoms. The number of nitriles is 4. The fourth-order valence-corrected chi connectivity index (χ4v) is 11.4. The second-order valence-electron chi connectivity index (χ2n) is 23.3. The molecule has 0 aliphatic carbocycles. The van der Waals surface area contributed by atoms with Crippen LogP contribution in [0.15, 0.2) is 291 Å². The number of hydrogen-bond acceptors (Lipinski definition) is 4. The summed E-state index contributed by atoms with van der Waals surface area (Å²) in [5.74, 6) is 40.2. The molecule has 0 aliphatic heterocycles. The maximum atomic E-state index is 9.54. The average Bonchev–Trinajstić information content (AvgIpc) is 0.715. The summed E-state index contributed by atoms with van der Waals surface area (Å²) in [5, 5.41) is 38.2.